The fourth-order valence-corrected chi connectivity index (χ4v) is 4.38. The van der Waals surface area contributed by atoms with Crippen molar-refractivity contribution in [2.45, 2.75) is 18.9 Å². The number of nitrogens with one attached hydrogen (secondary N) is 1. The molecule has 5 nitrogen and oxygen atoms in total. The third kappa shape index (κ3) is 3.22. The first-order chi connectivity index (χ1) is 13.3. The Morgan fingerprint density at radius 2 is 2.15 bits per heavy atom. The molecule has 3 heterocycles. The summed E-state index contributed by atoms with van der Waals surface area (Å²) in [4.78, 5) is 17.1. The summed E-state index contributed by atoms with van der Waals surface area (Å²) < 4.78 is 12.5. The van der Waals surface area contributed by atoms with Crippen LogP contribution >= 0.6 is 11.3 Å². The summed E-state index contributed by atoms with van der Waals surface area (Å²) in [7, 11) is 0. The zero-order valence-electron chi connectivity index (χ0n) is 14.6. The average molecular weight is 378 g/mol. The lowest BCUT2D eigenvalue weighted by atomic mass is 10.2. The molecule has 2 aromatic carbocycles. The molecule has 1 atom stereocenters. The zero-order chi connectivity index (χ0) is 18.2. The molecule has 2 aromatic heterocycles. The molecular weight excluding hydrogens is 360 g/mol. The molecule has 0 radical (unpaired) electrons. The van der Waals surface area contributed by atoms with Gasteiger partial charge in [0.15, 0.2) is 0 Å². The maximum absolute atomic E-state index is 12.5. The van der Waals surface area contributed by atoms with Crippen LogP contribution in [0, 0.1) is 0 Å². The van der Waals surface area contributed by atoms with Crippen molar-refractivity contribution in [2.75, 3.05) is 13.2 Å². The van der Waals surface area contributed by atoms with Crippen molar-refractivity contribution >= 4 is 32.5 Å². The number of fused-ring (bicyclic) bond motifs is 2. The van der Waals surface area contributed by atoms with E-state index in [1.807, 2.05) is 42.5 Å². The van der Waals surface area contributed by atoms with E-state index in [0.717, 1.165) is 28.6 Å². The van der Waals surface area contributed by atoms with Crippen molar-refractivity contribution in [3.63, 3.8) is 0 Å². The predicted octanol–water partition coefficient (Wildman–Crippen LogP) is 4.20. The van der Waals surface area contributed by atoms with Crippen LogP contribution in [0.25, 0.3) is 31.8 Å². The van der Waals surface area contributed by atoms with Crippen LogP contribution in [0.4, 0.5) is 0 Å². The first-order valence-corrected chi connectivity index (χ1v) is 9.88. The van der Waals surface area contributed by atoms with E-state index in [0.29, 0.717) is 34.6 Å². The quantitative estimate of drug-likeness (QED) is 0.539. The number of hydrogen-bond acceptors (Lipinski definition) is 6. The summed E-state index contributed by atoms with van der Waals surface area (Å²) in [6.45, 7) is 1.68. The number of aromatic nitrogens is 1. The van der Waals surface area contributed by atoms with Crippen LogP contribution in [-0.4, -0.2) is 24.2 Å². The summed E-state index contributed by atoms with van der Waals surface area (Å²) in [5.41, 5.74) is 1.53. The Labute approximate surface area is 159 Å². The van der Waals surface area contributed by atoms with Gasteiger partial charge < -0.3 is 14.5 Å². The molecule has 0 aliphatic carbocycles. The molecule has 1 fully saturated rings. The van der Waals surface area contributed by atoms with Crippen molar-refractivity contribution < 1.29 is 9.15 Å². The molecule has 0 amide bonds. The van der Waals surface area contributed by atoms with E-state index in [1.165, 1.54) is 17.8 Å². The molecule has 1 N–H and O–H groups in total. The maximum atomic E-state index is 12.5. The number of thiazole rings is 1. The van der Waals surface area contributed by atoms with Gasteiger partial charge in [-0.2, -0.15) is 0 Å². The number of para-hydroxylation sites is 1. The summed E-state index contributed by atoms with van der Waals surface area (Å²) in [5.74, 6) is 0.715. The number of hydrogen-bond donors (Lipinski definition) is 1. The highest BCUT2D eigenvalue weighted by Gasteiger charge is 2.16. The van der Waals surface area contributed by atoms with Gasteiger partial charge in [0, 0.05) is 17.5 Å². The largest absolute Gasteiger partial charge is 0.492 e. The summed E-state index contributed by atoms with van der Waals surface area (Å²) in [6.07, 6.45) is 2.32. The number of ether oxygens (including phenoxy) is 1. The van der Waals surface area contributed by atoms with E-state index in [-0.39, 0.29) is 5.63 Å². The predicted molar refractivity (Wildman–Crippen MR) is 108 cm³/mol. The zero-order valence-corrected chi connectivity index (χ0v) is 15.4. The van der Waals surface area contributed by atoms with Crippen molar-refractivity contribution in [2.24, 2.45) is 0 Å². The van der Waals surface area contributed by atoms with Gasteiger partial charge in [0.2, 0.25) is 0 Å². The van der Waals surface area contributed by atoms with Gasteiger partial charge >= 0.3 is 5.63 Å². The molecule has 136 valence electrons. The standard InChI is InChI=1S/C21H18N2O3S/c24-21-16(20-23-17-5-1-2-6-19(17)27-20)10-13-7-8-15(11-18(13)26-21)25-12-14-4-3-9-22-14/h1-2,5-8,10-11,14,22H,3-4,9,12H2/t14-/m0/s1. The average Bonchev–Trinajstić information content (AvgIpc) is 3.35. The van der Waals surface area contributed by atoms with Crippen molar-refractivity contribution in [3.8, 4) is 16.3 Å². The second-order valence-corrected chi connectivity index (χ2v) is 7.77. The molecule has 4 aromatic rings. The molecule has 0 unspecified atom stereocenters. The van der Waals surface area contributed by atoms with E-state index in [2.05, 4.69) is 10.3 Å². The molecule has 0 spiro atoms. The van der Waals surface area contributed by atoms with E-state index < -0.39 is 0 Å². The van der Waals surface area contributed by atoms with E-state index in [4.69, 9.17) is 9.15 Å². The van der Waals surface area contributed by atoms with Crippen LogP contribution in [0.3, 0.4) is 0 Å². The molecular formula is C21H18N2O3S. The fraction of sp³-hybridized carbons (Fsp3) is 0.238. The lowest BCUT2D eigenvalue weighted by Crippen LogP contribution is -2.28. The van der Waals surface area contributed by atoms with Gasteiger partial charge in [-0.05, 0) is 49.7 Å². The van der Waals surface area contributed by atoms with E-state index >= 15 is 0 Å². The minimum absolute atomic E-state index is 0.379. The first-order valence-electron chi connectivity index (χ1n) is 9.06. The lowest BCUT2D eigenvalue weighted by molar-refractivity contribution is 0.277. The Bertz CT molecular complexity index is 1140. The van der Waals surface area contributed by atoms with Crippen LogP contribution in [0.15, 0.2) is 57.7 Å². The topological polar surface area (TPSA) is 64.4 Å². The molecule has 1 saturated heterocycles. The van der Waals surface area contributed by atoms with Crippen molar-refractivity contribution in [1.82, 2.24) is 10.3 Å². The van der Waals surface area contributed by atoms with Gasteiger partial charge in [0.25, 0.3) is 0 Å². The first kappa shape index (κ1) is 16.5. The molecule has 0 bridgehead atoms. The highest BCUT2D eigenvalue weighted by atomic mass is 32.1. The normalized spacial score (nSPS) is 17.0. The molecule has 0 saturated carbocycles. The van der Waals surface area contributed by atoms with Crippen LogP contribution in [0.5, 0.6) is 5.75 Å². The monoisotopic (exact) mass is 378 g/mol. The Balaban J connectivity index is 1.47. The van der Waals surface area contributed by atoms with Crippen LogP contribution in [0.2, 0.25) is 0 Å². The molecule has 6 heteroatoms. The summed E-state index contributed by atoms with van der Waals surface area (Å²) in [5, 5.41) is 4.94. The highest BCUT2D eigenvalue weighted by Crippen LogP contribution is 2.30. The summed E-state index contributed by atoms with van der Waals surface area (Å²) >= 11 is 1.50. The van der Waals surface area contributed by atoms with E-state index in [1.54, 1.807) is 6.07 Å². The van der Waals surface area contributed by atoms with Crippen LogP contribution < -0.4 is 15.7 Å². The Morgan fingerprint density at radius 3 is 3.00 bits per heavy atom. The van der Waals surface area contributed by atoms with Crippen molar-refractivity contribution in [3.05, 3.63) is 59.0 Å². The van der Waals surface area contributed by atoms with Gasteiger partial charge in [-0.25, -0.2) is 9.78 Å². The molecule has 5 rings (SSSR count). The molecule has 27 heavy (non-hydrogen) atoms. The third-order valence-electron chi connectivity index (χ3n) is 4.85. The number of nitrogens with zero attached hydrogens (tertiary/aromatic N) is 1. The second-order valence-electron chi connectivity index (χ2n) is 6.74. The van der Waals surface area contributed by atoms with Crippen LogP contribution in [0.1, 0.15) is 12.8 Å². The van der Waals surface area contributed by atoms with Gasteiger partial charge in [0.05, 0.1) is 15.8 Å². The lowest BCUT2D eigenvalue weighted by Gasteiger charge is -2.12. The SMILES string of the molecule is O=c1oc2cc(OC[C@@H]3CCCN3)ccc2cc1-c1nc2ccccc2s1. The Morgan fingerprint density at radius 1 is 1.22 bits per heavy atom. The Hall–Kier alpha value is -2.70. The van der Waals surface area contributed by atoms with Crippen molar-refractivity contribution in [1.29, 1.82) is 0 Å². The van der Waals surface area contributed by atoms with Gasteiger partial charge in [-0.1, -0.05) is 12.1 Å². The Kier molecular flexibility index (Phi) is 4.14. The number of rotatable bonds is 4. The molecule has 1 aliphatic heterocycles. The fourth-order valence-electron chi connectivity index (χ4n) is 3.41. The van der Waals surface area contributed by atoms with Crippen LogP contribution in [-0.2, 0) is 0 Å². The third-order valence-corrected chi connectivity index (χ3v) is 5.91. The highest BCUT2D eigenvalue weighted by molar-refractivity contribution is 7.21. The molecule has 1 aliphatic rings. The minimum Gasteiger partial charge on any atom is -0.492 e. The summed E-state index contributed by atoms with van der Waals surface area (Å²) in [6, 6.07) is 15.7. The maximum Gasteiger partial charge on any atom is 0.346 e. The van der Waals surface area contributed by atoms with E-state index in [9.17, 15) is 4.79 Å². The second kappa shape index (κ2) is 6.79. The van der Waals surface area contributed by atoms with Gasteiger partial charge in [-0.15, -0.1) is 11.3 Å². The number of benzene rings is 2. The minimum atomic E-state index is -0.379. The van der Waals surface area contributed by atoms with Gasteiger partial charge in [0.1, 0.15) is 22.9 Å². The smallest absolute Gasteiger partial charge is 0.346 e. The van der Waals surface area contributed by atoms with Gasteiger partial charge in [-0.3, -0.25) is 0 Å².